The molecular weight excluding hydrogens is 266 g/mol. The van der Waals surface area contributed by atoms with Crippen LogP contribution in [0.4, 0.5) is 0 Å². The molecule has 1 fully saturated rings. The minimum absolute atomic E-state index is 0.393. The van der Waals surface area contributed by atoms with E-state index in [1.165, 1.54) is 70.6 Å². The van der Waals surface area contributed by atoms with Crippen LogP contribution in [-0.4, -0.2) is 24.5 Å². The van der Waals surface area contributed by atoms with E-state index in [2.05, 4.69) is 46.7 Å². The summed E-state index contributed by atoms with van der Waals surface area (Å²) in [5.41, 5.74) is 0.393. The Morgan fingerprint density at radius 1 is 0.955 bits per heavy atom. The first kappa shape index (κ1) is 20.0. The molecule has 4 atom stereocenters. The van der Waals surface area contributed by atoms with E-state index in [4.69, 9.17) is 0 Å². The first-order chi connectivity index (χ1) is 10.4. The Morgan fingerprint density at radius 2 is 1.68 bits per heavy atom. The van der Waals surface area contributed by atoms with Crippen LogP contribution in [0.15, 0.2) is 0 Å². The van der Waals surface area contributed by atoms with Crippen LogP contribution in [0.25, 0.3) is 0 Å². The van der Waals surface area contributed by atoms with Crippen molar-refractivity contribution in [2.75, 3.05) is 14.1 Å². The van der Waals surface area contributed by atoms with Gasteiger partial charge in [-0.1, -0.05) is 78.6 Å². The quantitative estimate of drug-likeness (QED) is 0.571. The third kappa shape index (κ3) is 5.87. The van der Waals surface area contributed by atoms with Crippen LogP contribution in [0.2, 0.25) is 0 Å². The van der Waals surface area contributed by atoms with Crippen LogP contribution in [0.5, 0.6) is 0 Å². The fourth-order valence-corrected chi connectivity index (χ4v) is 4.45. The van der Waals surface area contributed by atoms with Crippen LogP contribution in [-0.2, 0) is 0 Å². The smallest absolute Gasteiger partial charge is 0.0200 e. The number of rotatable bonds is 4. The molecule has 1 saturated carbocycles. The summed E-state index contributed by atoms with van der Waals surface area (Å²) in [4.78, 5) is 2.50. The summed E-state index contributed by atoms with van der Waals surface area (Å²) in [7, 11) is 4.57. The van der Waals surface area contributed by atoms with Gasteiger partial charge in [-0.05, 0) is 51.6 Å². The molecule has 4 unspecified atom stereocenters. The molecule has 0 saturated heterocycles. The van der Waals surface area contributed by atoms with Crippen LogP contribution in [0.3, 0.4) is 0 Å². The number of nitrogens with zero attached hydrogens (tertiary/aromatic N) is 1. The second-order valence-electron chi connectivity index (χ2n) is 8.56. The number of hydrogen-bond acceptors (Lipinski definition) is 1. The molecule has 1 heteroatoms. The lowest BCUT2D eigenvalue weighted by Gasteiger charge is -2.43. The van der Waals surface area contributed by atoms with Crippen molar-refractivity contribution in [2.45, 2.75) is 104 Å². The van der Waals surface area contributed by atoms with Crippen molar-refractivity contribution in [1.82, 2.24) is 4.90 Å². The maximum Gasteiger partial charge on any atom is 0.0200 e. The van der Waals surface area contributed by atoms with Gasteiger partial charge < -0.3 is 4.90 Å². The summed E-state index contributed by atoms with van der Waals surface area (Å²) in [6, 6.07) is 0. The van der Waals surface area contributed by atoms with Gasteiger partial charge in [-0.3, -0.25) is 0 Å². The van der Waals surface area contributed by atoms with Crippen LogP contribution < -0.4 is 0 Å². The third-order valence-electron chi connectivity index (χ3n) is 6.87. The van der Waals surface area contributed by atoms with Crippen molar-refractivity contribution in [1.29, 1.82) is 0 Å². The van der Waals surface area contributed by atoms with Gasteiger partial charge in [-0.25, -0.2) is 0 Å². The summed E-state index contributed by atoms with van der Waals surface area (Å²) in [6.45, 7) is 9.85. The van der Waals surface area contributed by atoms with E-state index in [0.717, 1.165) is 17.8 Å². The van der Waals surface area contributed by atoms with E-state index >= 15 is 0 Å². The highest BCUT2D eigenvalue weighted by Gasteiger charge is 2.32. The highest BCUT2D eigenvalue weighted by atomic mass is 15.1. The average Bonchev–Trinajstić information content (AvgIpc) is 2.48. The molecule has 0 aliphatic heterocycles. The Morgan fingerprint density at radius 3 is 2.32 bits per heavy atom. The predicted octanol–water partition coefficient (Wildman–Crippen LogP) is 6.52. The van der Waals surface area contributed by atoms with Crippen molar-refractivity contribution < 1.29 is 0 Å². The second-order valence-corrected chi connectivity index (χ2v) is 8.56. The molecule has 0 aromatic heterocycles. The van der Waals surface area contributed by atoms with Crippen LogP contribution in [0, 0.1) is 17.8 Å². The minimum Gasteiger partial charge on any atom is -0.304 e. The standard InChI is InChI=1S/C21H43N/c1-7-8-15-20-16-10-9-11-17-21(4,22(5)6)19(3)14-12-13-18(20)2/h18-20H,7-17H2,1-6H3. The molecule has 1 nitrogen and oxygen atoms in total. The van der Waals surface area contributed by atoms with Gasteiger partial charge in [0, 0.05) is 5.54 Å². The van der Waals surface area contributed by atoms with Crippen LogP contribution >= 0.6 is 0 Å². The Labute approximate surface area is 141 Å². The summed E-state index contributed by atoms with van der Waals surface area (Å²) in [5, 5.41) is 0. The second kappa shape index (κ2) is 9.96. The molecule has 0 spiro atoms. The lowest BCUT2D eigenvalue weighted by Crippen LogP contribution is -2.47. The van der Waals surface area contributed by atoms with Gasteiger partial charge in [-0.15, -0.1) is 0 Å². The Balaban J connectivity index is 2.64. The SMILES string of the molecule is CCCCC1CCCCCC(C)(N(C)C)C(C)CCCC1C. The molecule has 1 rings (SSSR count). The van der Waals surface area contributed by atoms with E-state index in [0.29, 0.717) is 5.54 Å². The molecule has 0 bridgehead atoms. The van der Waals surface area contributed by atoms with Gasteiger partial charge in [0.15, 0.2) is 0 Å². The molecule has 0 aromatic rings. The first-order valence-corrected chi connectivity index (χ1v) is 10.1. The molecule has 0 radical (unpaired) electrons. The fraction of sp³-hybridized carbons (Fsp3) is 1.00. The average molecular weight is 310 g/mol. The van der Waals surface area contributed by atoms with Gasteiger partial charge in [0.05, 0.1) is 0 Å². The van der Waals surface area contributed by atoms with Gasteiger partial charge >= 0.3 is 0 Å². The molecule has 22 heavy (non-hydrogen) atoms. The van der Waals surface area contributed by atoms with E-state index in [1.807, 2.05) is 0 Å². The largest absolute Gasteiger partial charge is 0.304 e. The predicted molar refractivity (Wildman–Crippen MR) is 100 cm³/mol. The van der Waals surface area contributed by atoms with Crippen molar-refractivity contribution >= 4 is 0 Å². The summed E-state index contributed by atoms with van der Waals surface area (Å²) >= 11 is 0. The fourth-order valence-electron chi connectivity index (χ4n) is 4.45. The summed E-state index contributed by atoms with van der Waals surface area (Å²) in [6.07, 6.45) is 15.7. The van der Waals surface area contributed by atoms with Crippen molar-refractivity contribution in [3.05, 3.63) is 0 Å². The highest BCUT2D eigenvalue weighted by Crippen LogP contribution is 2.35. The third-order valence-corrected chi connectivity index (χ3v) is 6.87. The van der Waals surface area contributed by atoms with Gasteiger partial charge in [0.1, 0.15) is 0 Å². The molecule has 0 amide bonds. The monoisotopic (exact) mass is 309 g/mol. The lowest BCUT2D eigenvalue weighted by molar-refractivity contribution is 0.0821. The van der Waals surface area contributed by atoms with E-state index < -0.39 is 0 Å². The maximum atomic E-state index is 2.53. The number of unbranched alkanes of at least 4 members (excludes halogenated alkanes) is 1. The summed E-state index contributed by atoms with van der Waals surface area (Å²) < 4.78 is 0. The zero-order chi connectivity index (χ0) is 16.6. The van der Waals surface area contributed by atoms with Gasteiger partial charge in [0.25, 0.3) is 0 Å². The summed E-state index contributed by atoms with van der Waals surface area (Å²) in [5.74, 6) is 2.74. The molecule has 1 aliphatic rings. The highest BCUT2D eigenvalue weighted by molar-refractivity contribution is 4.88. The van der Waals surface area contributed by atoms with Crippen molar-refractivity contribution in [2.24, 2.45) is 17.8 Å². The van der Waals surface area contributed by atoms with Gasteiger partial charge in [-0.2, -0.15) is 0 Å². The molecule has 0 N–H and O–H groups in total. The number of hydrogen-bond donors (Lipinski definition) is 0. The molecule has 0 heterocycles. The molecule has 132 valence electrons. The Hall–Kier alpha value is -0.0400. The van der Waals surface area contributed by atoms with E-state index in [1.54, 1.807) is 0 Å². The van der Waals surface area contributed by atoms with Gasteiger partial charge in [0.2, 0.25) is 0 Å². The minimum atomic E-state index is 0.393. The lowest BCUT2D eigenvalue weighted by atomic mass is 9.75. The zero-order valence-corrected chi connectivity index (χ0v) is 16.5. The normalized spacial score (nSPS) is 35.9. The first-order valence-electron chi connectivity index (χ1n) is 10.1. The van der Waals surface area contributed by atoms with E-state index in [-0.39, 0.29) is 0 Å². The Kier molecular flexibility index (Phi) is 9.05. The van der Waals surface area contributed by atoms with Crippen molar-refractivity contribution in [3.8, 4) is 0 Å². The maximum absolute atomic E-state index is 2.53. The van der Waals surface area contributed by atoms with Crippen LogP contribution in [0.1, 0.15) is 98.3 Å². The molecule has 0 aromatic carbocycles. The van der Waals surface area contributed by atoms with Crippen molar-refractivity contribution in [3.63, 3.8) is 0 Å². The molecular formula is C21H43N. The zero-order valence-electron chi connectivity index (χ0n) is 16.5. The van der Waals surface area contributed by atoms with E-state index in [9.17, 15) is 0 Å². The Bertz CT molecular complexity index is 286. The topological polar surface area (TPSA) is 3.24 Å². The molecule has 1 aliphatic carbocycles.